The van der Waals surface area contributed by atoms with Gasteiger partial charge in [-0.15, -0.1) is 0 Å². The molecule has 0 saturated carbocycles. The molecule has 0 aliphatic carbocycles. The molecule has 4 aromatic carbocycles. The lowest BCUT2D eigenvalue weighted by molar-refractivity contribution is 0.281. The van der Waals surface area contributed by atoms with Crippen molar-refractivity contribution in [3.63, 3.8) is 0 Å². The summed E-state index contributed by atoms with van der Waals surface area (Å²) in [4.78, 5) is 78.0. The first-order chi connectivity index (χ1) is 65.8. The van der Waals surface area contributed by atoms with Crippen LogP contribution in [0.5, 0.6) is 0 Å². The molecule has 6 N–H and O–H groups in total. The van der Waals surface area contributed by atoms with Crippen LogP contribution in [0.1, 0.15) is 6.42 Å². The van der Waals surface area contributed by atoms with E-state index < -0.39 is 23.3 Å². The van der Waals surface area contributed by atoms with Crippen LogP contribution in [0.3, 0.4) is 0 Å². The summed E-state index contributed by atoms with van der Waals surface area (Å²) < 4.78 is 58.6. The average Bonchev–Trinajstić information content (AvgIpc) is 0.765. The van der Waals surface area contributed by atoms with Crippen molar-refractivity contribution in [2.75, 3.05) is 80.8 Å². The first-order valence-corrected chi connectivity index (χ1v) is 44.1. The Morgan fingerprint density at radius 2 is 0.748 bits per heavy atom. The standard InChI is InChI=1S/C29H24ClFN6.C29H25ClFN5O2.C24H15ClFN5.C22H13ClFN5/c1-36-7-9-37(10-8-36)23-12-20(16-33-18-23)19-11-21(17-32-15-19)25-14-28(26-13-22(30)4-5-27(26)31)35-29-24(25)3-2-6-34-29;30-21-7-8-25(31)24(15-21)27-16-23(22-4-2-9-33-29(22)35-27)19-14-20(18-32-17-19)26-5-1-6-28(34-26)36(11-13-38)10-3-12-37;25-17-4-5-21(26)20(9-17)22-10-19(18-2-1-7-29-24(18)31-22)16-8-15(11-28-12-16)14-3-6-23(27)30-13-14;23-12-3-4-19(24)16(8-12)20-9-15(14-2-1-6-27-22(14)29-20)17-11-28-21(25)18-10-26-7-5-13(17)18/h2-6,11-18H,7-10H2,1H3;1-2,4-9,14-18,37-38H,3,10-13H2;1-13H,(H2,27,30);1-11H,(H2,25,28). The van der Waals surface area contributed by atoms with Gasteiger partial charge in [0.2, 0.25) is 0 Å². The number of fused-ring (bicyclic) bond motifs is 5. The van der Waals surface area contributed by atoms with Gasteiger partial charge in [0.15, 0.2) is 22.6 Å². The number of aliphatic hydroxyl groups is 2. The molecule has 20 aromatic rings. The molecule has 0 radical (unpaired) electrons. The van der Waals surface area contributed by atoms with Crippen molar-refractivity contribution in [1.82, 2.24) is 84.6 Å². The molecule has 1 fully saturated rings. The molecular formula is C104H77Cl4F4N21O2. The Balaban J connectivity index is 0.000000121. The summed E-state index contributed by atoms with van der Waals surface area (Å²) in [6.45, 7) is 5.02. The third-order valence-corrected chi connectivity index (χ3v) is 23.6. The smallest absolute Gasteiger partial charge is 0.160 e. The van der Waals surface area contributed by atoms with Crippen molar-refractivity contribution in [3.05, 3.63) is 349 Å². The third kappa shape index (κ3) is 20.3. The molecule has 135 heavy (non-hydrogen) atoms. The second-order valence-electron chi connectivity index (χ2n) is 31.4. The zero-order valence-electron chi connectivity index (χ0n) is 71.8. The molecule has 1 aliphatic heterocycles. The maximum absolute atomic E-state index is 14.7. The minimum absolute atomic E-state index is 0.0208. The van der Waals surface area contributed by atoms with Gasteiger partial charge in [-0.3, -0.25) is 24.9 Å². The van der Waals surface area contributed by atoms with Crippen LogP contribution in [0.4, 0.5) is 40.7 Å². The van der Waals surface area contributed by atoms with E-state index in [1.54, 1.807) is 111 Å². The lowest BCUT2D eigenvalue weighted by atomic mass is 9.97. The van der Waals surface area contributed by atoms with Crippen LogP contribution in [-0.4, -0.2) is 154 Å². The Kier molecular flexibility index (Phi) is 27.2. The highest BCUT2D eigenvalue weighted by molar-refractivity contribution is 6.32. The predicted molar refractivity (Wildman–Crippen MR) is 527 cm³/mol. The van der Waals surface area contributed by atoms with Crippen molar-refractivity contribution in [2.45, 2.75) is 6.42 Å². The second kappa shape index (κ2) is 40.7. The number of piperazine rings is 1. The van der Waals surface area contributed by atoms with Crippen molar-refractivity contribution in [1.29, 1.82) is 0 Å². The van der Waals surface area contributed by atoms with E-state index in [4.69, 9.17) is 62.9 Å². The first kappa shape index (κ1) is 90.1. The number of rotatable bonds is 18. The number of anilines is 4. The third-order valence-electron chi connectivity index (χ3n) is 22.7. The number of benzene rings is 4. The van der Waals surface area contributed by atoms with E-state index in [1.807, 2.05) is 139 Å². The van der Waals surface area contributed by atoms with Crippen LogP contribution < -0.4 is 21.3 Å². The number of pyridine rings is 16. The second-order valence-corrected chi connectivity index (χ2v) is 33.2. The minimum Gasteiger partial charge on any atom is -0.396 e. The number of aromatic nitrogens is 16. The summed E-state index contributed by atoms with van der Waals surface area (Å²) >= 11 is 24.5. The molecule has 0 unspecified atom stereocenters. The van der Waals surface area contributed by atoms with Gasteiger partial charge in [-0.05, 0) is 241 Å². The Morgan fingerprint density at radius 1 is 0.319 bits per heavy atom. The largest absolute Gasteiger partial charge is 0.396 e. The lowest BCUT2D eigenvalue weighted by Crippen LogP contribution is -2.44. The van der Waals surface area contributed by atoms with Crippen molar-refractivity contribution < 1.29 is 27.8 Å². The molecule has 1 saturated heterocycles. The van der Waals surface area contributed by atoms with E-state index in [2.05, 4.69) is 104 Å². The van der Waals surface area contributed by atoms with Gasteiger partial charge in [0.25, 0.3) is 0 Å². The quantitative estimate of drug-likeness (QED) is 0.0580. The van der Waals surface area contributed by atoms with E-state index >= 15 is 0 Å². The van der Waals surface area contributed by atoms with Gasteiger partial charge in [-0.1, -0.05) is 52.5 Å². The van der Waals surface area contributed by atoms with E-state index in [1.165, 1.54) is 48.5 Å². The number of nitrogens with zero attached hydrogens (tertiary/aromatic N) is 19. The number of likely N-dealkylation sites (N-methyl/N-ethyl adjacent to an activating group) is 1. The van der Waals surface area contributed by atoms with Crippen LogP contribution in [-0.2, 0) is 0 Å². The number of aliphatic hydroxyl groups excluding tert-OH is 2. The molecule has 17 heterocycles. The van der Waals surface area contributed by atoms with E-state index in [0.29, 0.717) is 125 Å². The van der Waals surface area contributed by atoms with Gasteiger partial charge in [-0.25, -0.2) is 72.4 Å². The Hall–Kier alpha value is -15.5. The fraction of sp³-hybridized carbons (Fsp3) is 0.0962. The number of nitrogens with two attached hydrogens (primary N) is 2. The number of hydrogen-bond donors (Lipinski definition) is 4. The van der Waals surface area contributed by atoms with Crippen LogP contribution in [0, 0.1) is 23.3 Å². The van der Waals surface area contributed by atoms with Crippen LogP contribution in [0.2, 0.25) is 20.1 Å². The van der Waals surface area contributed by atoms with E-state index in [0.717, 1.165) is 137 Å². The summed E-state index contributed by atoms with van der Waals surface area (Å²) in [5.41, 5.74) is 29.7. The Labute approximate surface area is 790 Å². The van der Waals surface area contributed by atoms with E-state index in [9.17, 15) is 27.8 Å². The monoisotopic (exact) mass is 1870 g/mol. The Bertz CT molecular complexity index is 7830. The molecule has 23 nitrogen and oxygen atoms in total. The molecule has 0 spiro atoms. The highest BCUT2D eigenvalue weighted by atomic mass is 35.5. The van der Waals surface area contributed by atoms with Gasteiger partial charge in [0.1, 0.15) is 40.7 Å². The minimum atomic E-state index is -0.426. The van der Waals surface area contributed by atoms with Gasteiger partial charge in [0.05, 0.1) is 47.0 Å². The summed E-state index contributed by atoms with van der Waals surface area (Å²) in [6.07, 6.45) is 28.4. The van der Waals surface area contributed by atoms with Gasteiger partial charge in [0, 0.05) is 258 Å². The molecule has 666 valence electrons. The van der Waals surface area contributed by atoms with Crippen LogP contribution in [0.15, 0.2) is 305 Å². The molecule has 0 amide bonds. The maximum atomic E-state index is 14.7. The average molecular weight is 1870 g/mol. The first-order valence-electron chi connectivity index (χ1n) is 42.6. The molecule has 0 bridgehead atoms. The highest BCUT2D eigenvalue weighted by Gasteiger charge is 2.24. The van der Waals surface area contributed by atoms with Crippen LogP contribution >= 0.6 is 46.4 Å². The number of halogens is 8. The summed E-state index contributed by atoms with van der Waals surface area (Å²) in [7, 11) is 2.15. The summed E-state index contributed by atoms with van der Waals surface area (Å²) in [6, 6.07) is 59.5. The van der Waals surface area contributed by atoms with Crippen molar-refractivity contribution in [3.8, 4) is 123 Å². The zero-order chi connectivity index (χ0) is 93.2. The highest BCUT2D eigenvalue weighted by Crippen LogP contribution is 2.42. The molecule has 16 aromatic heterocycles. The van der Waals surface area contributed by atoms with Crippen LogP contribution in [0.25, 0.3) is 178 Å². The molecule has 31 heteroatoms. The van der Waals surface area contributed by atoms with Gasteiger partial charge >= 0.3 is 0 Å². The molecular weight excluding hydrogens is 1790 g/mol. The molecule has 21 rings (SSSR count). The Morgan fingerprint density at radius 3 is 1.21 bits per heavy atom. The lowest BCUT2D eigenvalue weighted by Gasteiger charge is -2.34. The number of hydrogen-bond acceptors (Lipinski definition) is 23. The predicted octanol–water partition coefficient (Wildman–Crippen LogP) is 22.4. The molecule has 0 atom stereocenters. The number of nitrogen functional groups attached to an aromatic ring is 2. The van der Waals surface area contributed by atoms with Gasteiger partial charge < -0.3 is 36.4 Å². The summed E-state index contributed by atoms with van der Waals surface area (Å²) in [5, 5.41) is 25.4. The fourth-order valence-electron chi connectivity index (χ4n) is 15.9. The van der Waals surface area contributed by atoms with E-state index in [-0.39, 0.29) is 18.8 Å². The maximum Gasteiger partial charge on any atom is 0.160 e. The van der Waals surface area contributed by atoms with Crippen molar-refractivity contribution in [2.24, 2.45) is 0 Å². The SMILES string of the molecule is CN1CCN(c2cncc(-c3cncc(-c4cc(-c5cc(Cl)ccc5F)nc5ncccc45)c3)c2)CC1.Nc1ccc(-c2cncc(-c3cc(-c4cc(Cl)ccc4F)nc4ncccc34)c2)cn1.Nc1ncc(-c2cc(-c3cc(Cl)ccc3F)nc3ncccc23)c2ccncc12.OCCCN(CCO)c1cccc(-c2cncc(-c3cc(-c4cc(Cl)ccc4F)nc4ncccc34)c2)n1. The zero-order valence-corrected chi connectivity index (χ0v) is 74.8. The topological polar surface area (TPSA) is 308 Å². The normalized spacial score (nSPS) is 12.0. The summed E-state index contributed by atoms with van der Waals surface area (Å²) in [5.74, 6) is -0.0820. The molecule has 1 aliphatic rings. The van der Waals surface area contributed by atoms with Gasteiger partial charge in [-0.2, -0.15) is 0 Å². The van der Waals surface area contributed by atoms with Crippen molar-refractivity contribution >= 4 is 124 Å². The fourth-order valence-corrected chi connectivity index (χ4v) is 16.6.